The van der Waals surface area contributed by atoms with Crippen LogP contribution in [0, 0.1) is 0 Å². The second kappa shape index (κ2) is 7.69. The maximum Gasteiger partial charge on any atom is 0.257 e. The summed E-state index contributed by atoms with van der Waals surface area (Å²) in [5.41, 5.74) is 1.98. The van der Waals surface area contributed by atoms with Crippen molar-refractivity contribution in [2.45, 2.75) is 23.2 Å². The third kappa shape index (κ3) is 3.90. The van der Waals surface area contributed by atoms with Crippen molar-refractivity contribution in [3.63, 3.8) is 0 Å². The molecule has 0 saturated heterocycles. The largest absolute Gasteiger partial charge is 0.508 e. The summed E-state index contributed by atoms with van der Waals surface area (Å²) >= 11 is 7.27. The van der Waals surface area contributed by atoms with Crippen LogP contribution in [-0.4, -0.2) is 21.0 Å². The molecule has 1 aromatic heterocycles. The zero-order valence-corrected chi connectivity index (χ0v) is 16.2. The number of nitrogens with zero attached hydrogens (tertiary/aromatic N) is 1. The number of hydrogen-bond acceptors (Lipinski definition) is 5. The molecule has 4 rings (SSSR count). The average Bonchev–Trinajstić information content (AvgIpc) is 2.67. The number of rotatable bonds is 4. The highest BCUT2D eigenvalue weighted by molar-refractivity contribution is 7.98. The number of phenolic OH excluding ortho intramolecular Hbond substituents is 1. The fourth-order valence-electron chi connectivity index (χ4n) is 3.14. The molecule has 2 heterocycles. The molecule has 1 aliphatic rings. The smallest absolute Gasteiger partial charge is 0.257 e. The highest BCUT2D eigenvalue weighted by Crippen LogP contribution is 2.35. The number of phenols is 1. The van der Waals surface area contributed by atoms with Crippen LogP contribution < -0.4 is 10.9 Å². The van der Waals surface area contributed by atoms with Gasteiger partial charge in [0.05, 0.1) is 5.56 Å². The molecule has 0 saturated carbocycles. The first-order valence-electron chi connectivity index (χ1n) is 8.60. The third-order valence-corrected chi connectivity index (χ3v) is 5.71. The zero-order valence-electron chi connectivity index (χ0n) is 14.6. The van der Waals surface area contributed by atoms with Crippen LogP contribution >= 0.6 is 23.4 Å². The highest BCUT2D eigenvalue weighted by Gasteiger charge is 2.30. The number of fused-ring (bicyclic) bond motifs is 1. The van der Waals surface area contributed by atoms with Crippen LogP contribution in [-0.2, 0) is 10.5 Å². The maximum absolute atomic E-state index is 12.8. The molecular formula is C20H16ClN3O3S. The van der Waals surface area contributed by atoms with Gasteiger partial charge in [-0.05, 0) is 35.4 Å². The van der Waals surface area contributed by atoms with Gasteiger partial charge in [-0.15, -0.1) is 0 Å². The predicted octanol–water partition coefficient (Wildman–Crippen LogP) is 3.90. The van der Waals surface area contributed by atoms with Gasteiger partial charge in [0.2, 0.25) is 5.91 Å². The lowest BCUT2D eigenvalue weighted by Gasteiger charge is -2.24. The second-order valence-electron chi connectivity index (χ2n) is 6.44. The third-order valence-electron chi connectivity index (χ3n) is 4.51. The van der Waals surface area contributed by atoms with Crippen LogP contribution in [0.3, 0.4) is 0 Å². The lowest BCUT2D eigenvalue weighted by molar-refractivity contribution is -0.116. The number of halogens is 1. The van der Waals surface area contributed by atoms with Gasteiger partial charge in [0, 0.05) is 23.1 Å². The van der Waals surface area contributed by atoms with Crippen molar-refractivity contribution in [3.05, 3.63) is 80.6 Å². The van der Waals surface area contributed by atoms with E-state index in [0.29, 0.717) is 21.5 Å². The van der Waals surface area contributed by atoms with Crippen LogP contribution in [0.25, 0.3) is 0 Å². The Kier molecular flexibility index (Phi) is 5.11. The number of amides is 1. The number of aromatic amines is 1. The summed E-state index contributed by atoms with van der Waals surface area (Å²) in [6.07, 6.45) is 0.153. The Balaban J connectivity index is 1.63. The Morgan fingerprint density at radius 3 is 2.54 bits per heavy atom. The fourth-order valence-corrected chi connectivity index (χ4v) is 4.09. The summed E-state index contributed by atoms with van der Waals surface area (Å²) in [4.78, 5) is 32.2. The summed E-state index contributed by atoms with van der Waals surface area (Å²) in [7, 11) is 0. The van der Waals surface area contributed by atoms with Crippen LogP contribution in [0.15, 0.2) is 58.5 Å². The molecule has 8 heteroatoms. The lowest BCUT2D eigenvalue weighted by Crippen LogP contribution is -2.31. The average molecular weight is 414 g/mol. The molecule has 1 amide bonds. The van der Waals surface area contributed by atoms with Crippen molar-refractivity contribution < 1.29 is 9.90 Å². The minimum atomic E-state index is -0.407. The Morgan fingerprint density at radius 1 is 1.11 bits per heavy atom. The van der Waals surface area contributed by atoms with Gasteiger partial charge in [-0.1, -0.05) is 47.6 Å². The van der Waals surface area contributed by atoms with E-state index in [9.17, 15) is 14.7 Å². The zero-order chi connectivity index (χ0) is 19.7. The Labute approximate surface area is 170 Å². The van der Waals surface area contributed by atoms with E-state index in [1.807, 2.05) is 24.3 Å². The summed E-state index contributed by atoms with van der Waals surface area (Å²) in [5.74, 6) is 0.420. The molecule has 2 aromatic carbocycles. The van der Waals surface area contributed by atoms with Crippen molar-refractivity contribution in [1.82, 2.24) is 9.97 Å². The maximum atomic E-state index is 12.8. The number of carbonyl (C=O) groups excluding carboxylic acids is 1. The molecule has 1 atom stereocenters. The van der Waals surface area contributed by atoms with E-state index in [1.54, 1.807) is 24.3 Å². The van der Waals surface area contributed by atoms with Gasteiger partial charge in [0.25, 0.3) is 5.56 Å². The van der Waals surface area contributed by atoms with Crippen molar-refractivity contribution in [2.24, 2.45) is 0 Å². The van der Waals surface area contributed by atoms with Gasteiger partial charge in [-0.3, -0.25) is 9.59 Å². The summed E-state index contributed by atoms with van der Waals surface area (Å²) < 4.78 is 0. The molecule has 142 valence electrons. The number of aromatic hydroxyl groups is 1. The number of thioether (sulfide) groups is 1. The molecule has 6 nitrogen and oxygen atoms in total. The molecule has 28 heavy (non-hydrogen) atoms. The monoisotopic (exact) mass is 413 g/mol. The van der Waals surface area contributed by atoms with E-state index in [-0.39, 0.29) is 29.5 Å². The van der Waals surface area contributed by atoms with E-state index < -0.39 is 5.92 Å². The van der Waals surface area contributed by atoms with E-state index in [2.05, 4.69) is 15.3 Å². The molecule has 1 aliphatic heterocycles. The number of anilines is 1. The van der Waals surface area contributed by atoms with Gasteiger partial charge in [-0.25, -0.2) is 4.98 Å². The predicted molar refractivity (Wildman–Crippen MR) is 109 cm³/mol. The molecule has 0 bridgehead atoms. The quantitative estimate of drug-likeness (QED) is 0.445. The number of nitrogens with one attached hydrogen (secondary N) is 2. The number of H-pyrrole nitrogens is 1. The lowest BCUT2D eigenvalue weighted by atomic mass is 9.87. The van der Waals surface area contributed by atoms with Crippen LogP contribution in [0.5, 0.6) is 5.75 Å². The molecular weight excluding hydrogens is 398 g/mol. The Bertz CT molecular complexity index is 1080. The van der Waals surface area contributed by atoms with E-state index in [4.69, 9.17) is 11.6 Å². The van der Waals surface area contributed by atoms with Crippen molar-refractivity contribution in [3.8, 4) is 5.75 Å². The molecule has 0 spiro atoms. The van der Waals surface area contributed by atoms with Gasteiger partial charge in [-0.2, -0.15) is 0 Å². The second-order valence-corrected chi connectivity index (χ2v) is 7.85. The first kappa shape index (κ1) is 18.6. The van der Waals surface area contributed by atoms with Crippen molar-refractivity contribution in [1.29, 1.82) is 0 Å². The molecule has 0 radical (unpaired) electrons. The van der Waals surface area contributed by atoms with E-state index in [0.717, 1.165) is 11.1 Å². The normalized spacial score (nSPS) is 15.8. The van der Waals surface area contributed by atoms with Crippen LogP contribution in [0.4, 0.5) is 5.82 Å². The summed E-state index contributed by atoms with van der Waals surface area (Å²) in [6.45, 7) is 0. The number of benzene rings is 2. The van der Waals surface area contributed by atoms with E-state index in [1.165, 1.54) is 11.8 Å². The van der Waals surface area contributed by atoms with Crippen LogP contribution in [0.2, 0.25) is 5.02 Å². The number of carbonyl (C=O) groups is 1. The standard InChI is InChI=1S/C20H16ClN3O3S/c21-13-5-1-11(2-6-13)10-28-20-23-18-17(19(27)24-20)15(9-16(26)22-18)12-3-7-14(25)8-4-12/h1-8,15,25H,9-10H2,(H2,22,23,24,26,27). The first-order valence-corrected chi connectivity index (χ1v) is 9.96. The molecule has 0 fully saturated rings. The minimum absolute atomic E-state index is 0.130. The minimum Gasteiger partial charge on any atom is -0.508 e. The Morgan fingerprint density at radius 2 is 1.82 bits per heavy atom. The highest BCUT2D eigenvalue weighted by atomic mass is 35.5. The van der Waals surface area contributed by atoms with Crippen LogP contribution in [0.1, 0.15) is 29.0 Å². The molecule has 1 unspecified atom stereocenters. The summed E-state index contributed by atoms with van der Waals surface area (Å²) in [5, 5.41) is 13.3. The number of hydrogen-bond donors (Lipinski definition) is 3. The van der Waals surface area contributed by atoms with Gasteiger partial charge in [0.1, 0.15) is 11.6 Å². The van der Waals surface area contributed by atoms with E-state index >= 15 is 0 Å². The molecule has 3 N–H and O–H groups in total. The van der Waals surface area contributed by atoms with Gasteiger partial charge in [0.15, 0.2) is 5.16 Å². The van der Waals surface area contributed by atoms with Gasteiger partial charge >= 0.3 is 0 Å². The van der Waals surface area contributed by atoms with Crippen molar-refractivity contribution >= 4 is 35.1 Å². The van der Waals surface area contributed by atoms with Crippen molar-refractivity contribution in [2.75, 3.05) is 5.32 Å². The van der Waals surface area contributed by atoms with Gasteiger partial charge < -0.3 is 15.4 Å². The topological polar surface area (TPSA) is 95.1 Å². The number of aromatic nitrogens is 2. The Hall–Kier alpha value is -2.77. The molecule has 0 aliphatic carbocycles. The fraction of sp³-hybridized carbons (Fsp3) is 0.150. The first-order chi connectivity index (χ1) is 13.5. The SMILES string of the molecule is O=C1CC(c2ccc(O)cc2)c2c(nc(SCc3ccc(Cl)cc3)[nH]c2=O)N1. The summed E-state index contributed by atoms with van der Waals surface area (Å²) in [6, 6.07) is 13.9. The molecule has 3 aromatic rings.